The molecule has 1 atom stereocenters. The fourth-order valence-corrected chi connectivity index (χ4v) is 2.63. The van der Waals surface area contributed by atoms with Crippen molar-refractivity contribution in [2.75, 3.05) is 18.5 Å². The average molecular weight is 319 g/mol. The van der Waals surface area contributed by atoms with E-state index in [-0.39, 0.29) is 11.8 Å². The highest BCUT2D eigenvalue weighted by molar-refractivity contribution is 6.30. The molecule has 0 aliphatic heterocycles. The van der Waals surface area contributed by atoms with Gasteiger partial charge in [-0.15, -0.1) is 0 Å². The van der Waals surface area contributed by atoms with Gasteiger partial charge >= 0.3 is 0 Å². The van der Waals surface area contributed by atoms with Gasteiger partial charge in [-0.05, 0) is 43.0 Å². The Morgan fingerprint density at radius 2 is 2.18 bits per heavy atom. The summed E-state index contributed by atoms with van der Waals surface area (Å²) in [5.41, 5.74) is 6.69. The summed E-state index contributed by atoms with van der Waals surface area (Å²) in [5.74, 6) is 1.98. The van der Waals surface area contributed by atoms with Crippen molar-refractivity contribution >= 4 is 17.4 Å². The lowest BCUT2D eigenvalue weighted by atomic mass is 10.2. The van der Waals surface area contributed by atoms with E-state index in [1.807, 2.05) is 18.0 Å². The van der Waals surface area contributed by atoms with Gasteiger partial charge in [0.2, 0.25) is 0 Å². The monoisotopic (exact) mass is 318 g/mol. The lowest BCUT2D eigenvalue weighted by Crippen LogP contribution is -2.37. The molecule has 0 bridgehead atoms. The topological polar surface area (TPSA) is 75.3 Å². The number of likely N-dealkylation sites (N-methyl/N-ethyl adjacent to an activating group) is 1. The van der Waals surface area contributed by atoms with Crippen molar-refractivity contribution in [1.82, 2.24) is 9.97 Å². The van der Waals surface area contributed by atoms with Gasteiger partial charge < -0.3 is 15.7 Å². The SMILES string of the molecule is CN(C[C@H](N)C1CC1)c1ccnc(-c2cc(Cl)ccc2O)n1. The van der Waals surface area contributed by atoms with E-state index < -0.39 is 0 Å². The van der Waals surface area contributed by atoms with Crippen LogP contribution in [0.3, 0.4) is 0 Å². The van der Waals surface area contributed by atoms with Crippen molar-refractivity contribution < 1.29 is 5.11 Å². The van der Waals surface area contributed by atoms with Gasteiger partial charge in [0.1, 0.15) is 11.6 Å². The molecule has 1 fully saturated rings. The first kappa shape index (κ1) is 15.1. The Balaban J connectivity index is 1.83. The Kier molecular flexibility index (Phi) is 4.18. The van der Waals surface area contributed by atoms with Crippen LogP contribution in [0.4, 0.5) is 5.82 Å². The minimum absolute atomic E-state index is 0.110. The maximum Gasteiger partial charge on any atom is 0.165 e. The largest absolute Gasteiger partial charge is 0.507 e. The minimum Gasteiger partial charge on any atom is -0.507 e. The number of halogens is 1. The van der Waals surface area contributed by atoms with E-state index in [4.69, 9.17) is 17.3 Å². The van der Waals surface area contributed by atoms with Crippen molar-refractivity contribution in [2.24, 2.45) is 11.7 Å². The summed E-state index contributed by atoms with van der Waals surface area (Å²) in [6, 6.07) is 6.84. The van der Waals surface area contributed by atoms with Gasteiger partial charge in [-0.3, -0.25) is 0 Å². The number of aromatic nitrogens is 2. The number of nitrogens with zero attached hydrogens (tertiary/aromatic N) is 3. The number of anilines is 1. The van der Waals surface area contributed by atoms with Gasteiger partial charge in [-0.2, -0.15) is 0 Å². The Morgan fingerprint density at radius 3 is 2.91 bits per heavy atom. The summed E-state index contributed by atoms with van der Waals surface area (Å²) in [4.78, 5) is 10.8. The van der Waals surface area contributed by atoms with Crippen molar-refractivity contribution in [3.05, 3.63) is 35.5 Å². The van der Waals surface area contributed by atoms with E-state index in [1.54, 1.807) is 24.4 Å². The Hall–Kier alpha value is -1.85. The van der Waals surface area contributed by atoms with Crippen LogP contribution in [0.15, 0.2) is 30.5 Å². The second kappa shape index (κ2) is 6.10. The van der Waals surface area contributed by atoms with E-state index in [2.05, 4.69) is 9.97 Å². The van der Waals surface area contributed by atoms with Crippen molar-refractivity contribution in [3.63, 3.8) is 0 Å². The Bertz CT molecular complexity index is 675. The molecule has 3 rings (SSSR count). The first-order chi connectivity index (χ1) is 10.5. The first-order valence-corrected chi connectivity index (χ1v) is 7.71. The molecule has 3 N–H and O–H groups in total. The van der Waals surface area contributed by atoms with Crippen LogP contribution in [-0.4, -0.2) is 34.7 Å². The summed E-state index contributed by atoms with van der Waals surface area (Å²) in [7, 11) is 1.96. The van der Waals surface area contributed by atoms with E-state index in [1.165, 1.54) is 12.8 Å². The average Bonchev–Trinajstić information content (AvgIpc) is 3.34. The molecule has 1 heterocycles. The molecule has 2 aromatic rings. The fourth-order valence-electron chi connectivity index (χ4n) is 2.46. The number of phenolic OH excluding ortho intramolecular Hbond substituents is 1. The predicted molar refractivity (Wildman–Crippen MR) is 88.1 cm³/mol. The molecular formula is C16H19ClN4O. The van der Waals surface area contributed by atoms with E-state index >= 15 is 0 Å². The third kappa shape index (κ3) is 3.31. The molecule has 1 saturated carbocycles. The van der Waals surface area contributed by atoms with Crippen molar-refractivity contribution in [3.8, 4) is 17.1 Å². The number of hydrogen-bond acceptors (Lipinski definition) is 5. The third-order valence-corrected chi connectivity index (χ3v) is 4.18. The number of nitrogens with two attached hydrogens (primary N) is 1. The van der Waals surface area contributed by atoms with Gasteiger partial charge in [0, 0.05) is 30.9 Å². The lowest BCUT2D eigenvalue weighted by Gasteiger charge is -2.22. The van der Waals surface area contributed by atoms with Gasteiger partial charge in [0.15, 0.2) is 5.82 Å². The molecule has 1 aliphatic carbocycles. The van der Waals surface area contributed by atoms with Crippen LogP contribution in [0.25, 0.3) is 11.4 Å². The van der Waals surface area contributed by atoms with Crippen LogP contribution in [0.5, 0.6) is 5.75 Å². The van der Waals surface area contributed by atoms with Gasteiger partial charge in [0.25, 0.3) is 0 Å². The zero-order valence-corrected chi connectivity index (χ0v) is 13.2. The Labute approximate surface area is 134 Å². The lowest BCUT2D eigenvalue weighted by molar-refractivity contribution is 0.477. The molecule has 1 aromatic carbocycles. The summed E-state index contributed by atoms with van der Waals surface area (Å²) in [5, 5.41) is 10.5. The smallest absolute Gasteiger partial charge is 0.165 e. The minimum atomic E-state index is 0.110. The van der Waals surface area contributed by atoms with E-state index in [0.717, 1.165) is 12.4 Å². The molecule has 0 amide bonds. The highest BCUT2D eigenvalue weighted by atomic mass is 35.5. The van der Waals surface area contributed by atoms with Crippen LogP contribution in [0.1, 0.15) is 12.8 Å². The highest BCUT2D eigenvalue weighted by Gasteiger charge is 2.29. The standard InChI is InChI=1S/C16H19ClN4O/c1-21(9-13(18)10-2-3-10)15-6-7-19-16(20-15)12-8-11(17)4-5-14(12)22/h4-8,10,13,22H,2-3,9,18H2,1H3/t13-/m0/s1. The molecule has 5 nitrogen and oxygen atoms in total. The summed E-state index contributed by atoms with van der Waals surface area (Å²) >= 11 is 5.99. The highest BCUT2D eigenvalue weighted by Crippen LogP contribution is 2.33. The van der Waals surface area contributed by atoms with Gasteiger partial charge in [-0.25, -0.2) is 9.97 Å². The van der Waals surface area contributed by atoms with Crippen LogP contribution in [-0.2, 0) is 0 Å². The number of benzene rings is 1. The number of rotatable bonds is 5. The van der Waals surface area contributed by atoms with E-state index in [0.29, 0.717) is 22.3 Å². The zero-order valence-electron chi connectivity index (χ0n) is 12.4. The molecule has 1 aromatic heterocycles. The summed E-state index contributed by atoms with van der Waals surface area (Å²) in [6.45, 7) is 0.753. The van der Waals surface area contributed by atoms with E-state index in [9.17, 15) is 5.11 Å². The molecule has 0 saturated heterocycles. The molecule has 1 aliphatic rings. The summed E-state index contributed by atoms with van der Waals surface area (Å²) < 4.78 is 0. The molecule has 0 radical (unpaired) electrons. The second-order valence-corrected chi connectivity index (χ2v) is 6.22. The number of aromatic hydroxyl groups is 1. The van der Waals surface area contributed by atoms with Crippen molar-refractivity contribution in [2.45, 2.75) is 18.9 Å². The zero-order chi connectivity index (χ0) is 15.7. The molecule has 6 heteroatoms. The predicted octanol–water partition coefficient (Wildman–Crippen LogP) is 2.68. The quantitative estimate of drug-likeness (QED) is 0.886. The fraction of sp³-hybridized carbons (Fsp3) is 0.375. The van der Waals surface area contributed by atoms with Crippen LogP contribution in [0.2, 0.25) is 5.02 Å². The van der Waals surface area contributed by atoms with Gasteiger partial charge in [0.05, 0.1) is 5.56 Å². The van der Waals surface area contributed by atoms with Crippen molar-refractivity contribution in [1.29, 1.82) is 0 Å². The third-order valence-electron chi connectivity index (χ3n) is 3.94. The maximum atomic E-state index is 9.97. The van der Waals surface area contributed by atoms with Gasteiger partial charge in [-0.1, -0.05) is 11.6 Å². The first-order valence-electron chi connectivity index (χ1n) is 7.33. The van der Waals surface area contributed by atoms with Crippen LogP contribution in [0, 0.1) is 5.92 Å². The molecule has 22 heavy (non-hydrogen) atoms. The molecular weight excluding hydrogens is 300 g/mol. The van der Waals surface area contributed by atoms with Crippen LogP contribution < -0.4 is 10.6 Å². The molecule has 0 unspecified atom stereocenters. The number of hydrogen-bond donors (Lipinski definition) is 2. The second-order valence-electron chi connectivity index (χ2n) is 5.78. The number of phenols is 1. The van der Waals surface area contributed by atoms with Crippen LogP contribution >= 0.6 is 11.6 Å². The molecule has 0 spiro atoms. The normalized spacial score (nSPS) is 15.6. The molecule has 116 valence electrons. The summed E-state index contributed by atoms with van der Waals surface area (Å²) in [6.07, 6.45) is 4.12. The maximum absolute atomic E-state index is 9.97. The Morgan fingerprint density at radius 1 is 1.41 bits per heavy atom.